The molecule has 1 heterocycles. The van der Waals surface area contributed by atoms with Gasteiger partial charge < -0.3 is 10.2 Å². The maximum atomic E-state index is 12.9. The van der Waals surface area contributed by atoms with Crippen LogP contribution in [0.4, 0.5) is 19.3 Å². The van der Waals surface area contributed by atoms with Crippen LogP contribution in [0, 0.1) is 11.6 Å². The van der Waals surface area contributed by atoms with Crippen LogP contribution in [0.25, 0.3) is 0 Å². The van der Waals surface area contributed by atoms with Gasteiger partial charge in [0.1, 0.15) is 6.54 Å². The summed E-state index contributed by atoms with van der Waals surface area (Å²) in [7, 11) is 0. The zero-order valence-corrected chi connectivity index (χ0v) is 10.1. The number of benzene rings is 1. The van der Waals surface area contributed by atoms with Crippen molar-refractivity contribution in [1.29, 1.82) is 0 Å². The fourth-order valence-electron chi connectivity index (χ4n) is 1.52. The van der Waals surface area contributed by atoms with Crippen LogP contribution in [0.2, 0.25) is 0 Å². The number of amides is 2. The Hall–Kier alpha value is -1.63. The highest BCUT2D eigenvalue weighted by molar-refractivity contribution is 8.13. The van der Waals surface area contributed by atoms with Crippen molar-refractivity contribution in [3.05, 3.63) is 29.8 Å². The van der Waals surface area contributed by atoms with E-state index in [0.29, 0.717) is 12.3 Å². The number of nitrogens with zero attached hydrogens (tertiary/aromatic N) is 1. The van der Waals surface area contributed by atoms with Gasteiger partial charge in [0.15, 0.2) is 11.6 Å². The molecule has 1 aliphatic heterocycles. The first-order chi connectivity index (χ1) is 8.56. The van der Waals surface area contributed by atoms with Crippen molar-refractivity contribution < 1.29 is 18.4 Å². The van der Waals surface area contributed by atoms with E-state index in [9.17, 15) is 18.4 Å². The molecule has 7 heteroatoms. The smallest absolute Gasteiger partial charge is 0.282 e. The summed E-state index contributed by atoms with van der Waals surface area (Å²) in [5, 5.41) is 2.27. The van der Waals surface area contributed by atoms with Crippen molar-refractivity contribution >= 4 is 28.6 Å². The lowest BCUT2D eigenvalue weighted by Gasteiger charge is -2.14. The Labute approximate surface area is 106 Å². The molecule has 0 unspecified atom stereocenters. The van der Waals surface area contributed by atoms with Crippen molar-refractivity contribution in [2.45, 2.75) is 0 Å². The number of carbonyl (C=O) groups excluding carboxylic acids is 2. The number of anilines is 1. The molecule has 1 aromatic carbocycles. The molecule has 18 heavy (non-hydrogen) atoms. The third kappa shape index (κ3) is 2.98. The minimum Gasteiger partial charge on any atom is -0.324 e. The van der Waals surface area contributed by atoms with Gasteiger partial charge in [-0.1, -0.05) is 11.8 Å². The molecule has 0 aromatic heterocycles. The van der Waals surface area contributed by atoms with Crippen molar-refractivity contribution in [3.8, 4) is 0 Å². The van der Waals surface area contributed by atoms with E-state index in [1.54, 1.807) is 0 Å². The van der Waals surface area contributed by atoms with Gasteiger partial charge in [-0.05, 0) is 12.1 Å². The van der Waals surface area contributed by atoms with Crippen molar-refractivity contribution in [1.82, 2.24) is 4.90 Å². The van der Waals surface area contributed by atoms with Gasteiger partial charge in [0.05, 0.1) is 0 Å². The van der Waals surface area contributed by atoms with Crippen molar-refractivity contribution in [2.24, 2.45) is 0 Å². The molecule has 2 rings (SSSR count). The fourth-order valence-corrected chi connectivity index (χ4v) is 2.34. The second-order valence-corrected chi connectivity index (χ2v) is 4.76. The predicted molar refractivity (Wildman–Crippen MR) is 64.4 cm³/mol. The van der Waals surface area contributed by atoms with E-state index in [0.717, 1.165) is 23.9 Å². The number of rotatable bonds is 3. The first kappa shape index (κ1) is 12.8. The normalized spacial score (nSPS) is 15.0. The average Bonchev–Trinajstić information content (AvgIpc) is 2.70. The van der Waals surface area contributed by atoms with Crippen LogP contribution in [-0.2, 0) is 4.79 Å². The predicted octanol–water partition coefficient (Wildman–Crippen LogP) is 2.07. The van der Waals surface area contributed by atoms with Crippen LogP contribution in [-0.4, -0.2) is 34.9 Å². The van der Waals surface area contributed by atoms with Crippen LogP contribution in [0.1, 0.15) is 0 Å². The standard InChI is InChI=1S/C11H10F2N2O2S/c12-8-2-1-7(5-9(8)13)14-10(16)6-15-3-4-18-11(15)17/h1-2,5H,3-4,6H2,(H,14,16). The van der Waals surface area contributed by atoms with Crippen LogP contribution >= 0.6 is 11.8 Å². The molecular formula is C11H10F2N2O2S. The van der Waals surface area contributed by atoms with Gasteiger partial charge >= 0.3 is 0 Å². The molecule has 96 valence electrons. The van der Waals surface area contributed by atoms with E-state index < -0.39 is 17.5 Å². The van der Waals surface area contributed by atoms with Crippen LogP contribution in [0.3, 0.4) is 0 Å². The van der Waals surface area contributed by atoms with Gasteiger partial charge in [0.2, 0.25) is 5.91 Å². The minimum absolute atomic E-state index is 0.0785. The van der Waals surface area contributed by atoms with E-state index in [2.05, 4.69) is 5.32 Å². The summed E-state index contributed by atoms with van der Waals surface area (Å²) < 4.78 is 25.6. The Bertz CT molecular complexity index is 496. The van der Waals surface area contributed by atoms with Crippen molar-refractivity contribution in [3.63, 3.8) is 0 Å². The Morgan fingerprint density at radius 1 is 1.39 bits per heavy atom. The Morgan fingerprint density at radius 2 is 2.17 bits per heavy atom. The summed E-state index contributed by atoms with van der Waals surface area (Å²) in [6.45, 7) is 0.444. The van der Waals surface area contributed by atoms with Gasteiger partial charge in [-0.25, -0.2) is 8.78 Å². The third-order valence-corrected chi connectivity index (χ3v) is 3.27. The van der Waals surface area contributed by atoms with E-state index >= 15 is 0 Å². The lowest BCUT2D eigenvalue weighted by Crippen LogP contribution is -2.33. The minimum atomic E-state index is -1.03. The molecular weight excluding hydrogens is 262 g/mol. The number of nitrogens with one attached hydrogen (secondary N) is 1. The molecule has 0 spiro atoms. The molecule has 0 saturated carbocycles. The summed E-state index contributed by atoms with van der Waals surface area (Å²) in [5.41, 5.74) is 0.165. The summed E-state index contributed by atoms with van der Waals surface area (Å²) >= 11 is 1.16. The lowest BCUT2D eigenvalue weighted by molar-refractivity contribution is -0.116. The van der Waals surface area contributed by atoms with Crippen LogP contribution in [0.5, 0.6) is 0 Å². The highest BCUT2D eigenvalue weighted by Gasteiger charge is 2.23. The highest BCUT2D eigenvalue weighted by Crippen LogP contribution is 2.17. The van der Waals surface area contributed by atoms with Gasteiger partial charge in [-0.2, -0.15) is 0 Å². The molecule has 0 bridgehead atoms. The molecule has 0 radical (unpaired) electrons. The molecule has 0 atom stereocenters. The van der Waals surface area contributed by atoms with Gasteiger partial charge in [-0.3, -0.25) is 9.59 Å². The van der Waals surface area contributed by atoms with E-state index in [4.69, 9.17) is 0 Å². The monoisotopic (exact) mass is 272 g/mol. The fraction of sp³-hybridized carbons (Fsp3) is 0.273. The Kier molecular flexibility index (Phi) is 3.81. The lowest BCUT2D eigenvalue weighted by atomic mass is 10.3. The molecule has 2 amide bonds. The maximum absolute atomic E-state index is 12.9. The molecule has 4 nitrogen and oxygen atoms in total. The van der Waals surface area contributed by atoms with Crippen LogP contribution in [0.15, 0.2) is 18.2 Å². The number of hydrogen-bond donors (Lipinski definition) is 1. The van der Waals surface area contributed by atoms with Gasteiger partial charge in [-0.15, -0.1) is 0 Å². The molecule has 1 saturated heterocycles. The molecule has 1 aliphatic rings. The van der Waals surface area contributed by atoms with E-state index in [-0.39, 0.29) is 17.5 Å². The van der Waals surface area contributed by atoms with Crippen molar-refractivity contribution in [2.75, 3.05) is 24.2 Å². The zero-order valence-electron chi connectivity index (χ0n) is 9.28. The van der Waals surface area contributed by atoms with Gasteiger partial charge in [0, 0.05) is 24.1 Å². The summed E-state index contributed by atoms with van der Waals surface area (Å²) in [4.78, 5) is 24.2. The number of thioether (sulfide) groups is 1. The molecule has 1 N–H and O–H groups in total. The summed E-state index contributed by atoms with van der Waals surface area (Å²) in [6, 6.07) is 3.09. The first-order valence-corrected chi connectivity index (χ1v) is 6.21. The van der Waals surface area contributed by atoms with E-state index in [1.165, 1.54) is 11.0 Å². The topological polar surface area (TPSA) is 49.4 Å². The summed E-state index contributed by atoms with van der Waals surface area (Å²) in [5.74, 6) is -1.77. The Morgan fingerprint density at radius 3 is 2.78 bits per heavy atom. The largest absolute Gasteiger partial charge is 0.324 e. The van der Waals surface area contributed by atoms with Gasteiger partial charge in [0.25, 0.3) is 5.24 Å². The van der Waals surface area contributed by atoms with E-state index in [1.807, 2.05) is 0 Å². The average molecular weight is 272 g/mol. The Balaban J connectivity index is 1.94. The SMILES string of the molecule is O=C(CN1CCSC1=O)Nc1ccc(F)c(F)c1. The van der Waals surface area contributed by atoms with Crippen LogP contribution < -0.4 is 5.32 Å². The highest BCUT2D eigenvalue weighted by atomic mass is 32.2. The third-order valence-electron chi connectivity index (χ3n) is 2.38. The number of hydrogen-bond acceptors (Lipinski definition) is 3. The number of halogens is 2. The zero-order chi connectivity index (χ0) is 13.1. The second-order valence-electron chi connectivity index (χ2n) is 3.71. The first-order valence-electron chi connectivity index (χ1n) is 5.23. The molecule has 1 fully saturated rings. The number of carbonyl (C=O) groups is 2. The quantitative estimate of drug-likeness (QED) is 0.916. The maximum Gasteiger partial charge on any atom is 0.282 e. The second kappa shape index (κ2) is 5.34. The molecule has 0 aliphatic carbocycles. The summed E-state index contributed by atoms with van der Waals surface area (Å²) in [6.07, 6.45) is 0. The molecule has 1 aromatic rings.